The number of aliphatic imine (C=N–C) groups is 1. The monoisotopic (exact) mass is 540 g/mol. The molecule has 1 N–H and O–H groups in total. The van der Waals surface area contributed by atoms with Gasteiger partial charge in [0.15, 0.2) is 5.96 Å². The van der Waals surface area contributed by atoms with Crippen LogP contribution in [-0.4, -0.2) is 93.0 Å². The molecule has 9 nitrogen and oxygen atoms in total. The molecule has 0 aliphatic carbocycles. The summed E-state index contributed by atoms with van der Waals surface area (Å²) in [5.41, 5.74) is 0.439. The maximum atomic E-state index is 12.6. The Hall–Kier alpha value is -0.920. The normalized spacial score (nSPS) is 21.9. The lowest BCUT2D eigenvalue weighted by Crippen LogP contribution is -2.54. The minimum atomic E-state index is -3.38. The number of guanidine groups is 1. The number of likely N-dealkylation sites (tertiary alicyclic amines) is 1. The number of hydrogen-bond donors (Lipinski definition) is 1. The van der Waals surface area contributed by atoms with E-state index in [1.54, 1.807) is 13.1 Å². The standard InChI is InChI=1S/C18H32N6O3S.HI/c1-3-6-22-7-4-16(14-22)13-20-18(19-2)23-8-10-24(11-9-23)28(25,26)15-17-5-12-27-21-17;/h5,12,16H,3-4,6-11,13-15H2,1-2H3,(H,19,20);1H. The largest absolute Gasteiger partial charge is 0.364 e. The Morgan fingerprint density at radius 3 is 2.69 bits per heavy atom. The van der Waals surface area contributed by atoms with Gasteiger partial charge in [-0.25, -0.2) is 8.42 Å². The van der Waals surface area contributed by atoms with Gasteiger partial charge in [-0.3, -0.25) is 4.99 Å². The second kappa shape index (κ2) is 11.5. The Kier molecular flexibility index (Phi) is 9.63. The summed E-state index contributed by atoms with van der Waals surface area (Å²) in [5.74, 6) is 1.39. The second-order valence-electron chi connectivity index (χ2n) is 7.52. The van der Waals surface area contributed by atoms with Crippen LogP contribution in [0.3, 0.4) is 0 Å². The van der Waals surface area contributed by atoms with E-state index >= 15 is 0 Å². The van der Waals surface area contributed by atoms with Crippen LogP contribution in [0.5, 0.6) is 0 Å². The highest BCUT2D eigenvalue weighted by Gasteiger charge is 2.29. The van der Waals surface area contributed by atoms with E-state index in [2.05, 4.69) is 32.2 Å². The van der Waals surface area contributed by atoms with E-state index in [0.29, 0.717) is 37.8 Å². The number of halogens is 1. The quantitative estimate of drug-likeness (QED) is 0.314. The van der Waals surface area contributed by atoms with E-state index in [-0.39, 0.29) is 29.7 Å². The molecule has 0 spiro atoms. The van der Waals surface area contributed by atoms with Gasteiger partial charge in [-0.1, -0.05) is 12.1 Å². The van der Waals surface area contributed by atoms with Crippen LogP contribution in [0.15, 0.2) is 21.8 Å². The van der Waals surface area contributed by atoms with Crippen LogP contribution in [0.25, 0.3) is 0 Å². The van der Waals surface area contributed by atoms with Gasteiger partial charge < -0.3 is 19.6 Å². The molecule has 11 heteroatoms. The van der Waals surface area contributed by atoms with Crippen LogP contribution >= 0.6 is 24.0 Å². The van der Waals surface area contributed by atoms with Gasteiger partial charge in [0, 0.05) is 52.4 Å². The Bertz CT molecular complexity index is 735. The van der Waals surface area contributed by atoms with Crippen LogP contribution in [0, 0.1) is 5.92 Å². The minimum Gasteiger partial charge on any atom is -0.364 e. The average Bonchev–Trinajstić information content (AvgIpc) is 3.35. The summed E-state index contributed by atoms with van der Waals surface area (Å²) in [5, 5.41) is 7.20. The SMILES string of the molecule is CCCN1CCC(CNC(=NC)N2CCN(S(=O)(=O)Cc3ccon3)CC2)C1.I. The van der Waals surface area contributed by atoms with Gasteiger partial charge in [0.05, 0.1) is 5.69 Å². The maximum Gasteiger partial charge on any atom is 0.220 e. The molecule has 0 bridgehead atoms. The molecule has 166 valence electrons. The van der Waals surface area contributed by atoms with Gasteiger partial charge in [0.2, 0.25) is 10.0 Å². The lowest BCUT2D eigenvalue weighted by Gasteiger charge is -2.36. The van der Waals surface area contributed by atoms with E-state index in [1.807, 2.05) is 0 Å². The molecule has 0 radical (unpaired) electrons. The molecule has 0 amide bonds. The molecule has 0 saturated carbocycles. The zero-order valence-electron chi connectivity index (χ0n) is 17.3. The zero-order chi connectivity index (χ0) is 20.0. The molecule has 2 fully saturated rings. The maximum absolute atomic E-state index is 12.6. The van der Waals surface area contributed by atoms with Gasteiger partial charge in [-0.2, -0.15) is 4.31 Å². The molecule has 1 atom stereocenters. The van der Waals surface area contributed by atoms with Crippen molar-refractivity contribution in [2.45, 2.75) is 25.5 Å². The van der Waals surface area contributed by atoms with Crippen molar-refractivity contribution in [3.05, 3.63) is 18.0 Å². The molecule has 3 heterocycles. The smallest absolute Gasteiger partial charge is 0.220 e. The highest BCUT2D eigenvalue weighted by Crippen LogP contribution is 2.16. The van der Waals surface area contributed by atoms with Crippen molar-refractivity contribution in [2.75, 3.05) is 59.4 Å². The van der Waals surface area contributed by atoms with Crippen LogP contribution in [0.2, 0.25) is 0 Å². The van der Waals surface area contributed by atoms with Crippen molar-refractivity contribution >= 4 is 40.0 Å². The van der Waals surface area contributed by atoms with E-state index in [4.69, 9.17) is 4.52 Å². The predicted octanol–water partition coefficient (Wildman–Crippen LogP) is 1.05. The number of nitrogens with one attached hydrogen (secondary N) is 1. The van der Waals surface area contributed by atoms with Crippen LogP contribution in [0.1, 0.15) is 25.5 Å². The Labute approximate surface area is 190 Å². The summed E-state index contributed by atoms with van der Waals surface area (Å²) in [6.07, 6.45) is 3.81. The molecule has 3 rings (SSSR count). The Morgan fingerprint density at radius 1 is 1.31 bits per heavy atom. The van der Waals surface area contributed by atoms with Gasteiger partial charge in [-0.15, -0.1) is 24.0 Å². The minimum absolute atomic E-state index is 0. The molecular weight excluding hydrogens is 507 g/mol. The van der Waals surface area contributed by atoms with Crippen molar-refractivity contribution in [3.63, 3.8) is 0 Å². The third-order valence-corrected chi connectivity index (χ3v) is 7.24. The van der Waals surface area contributed by atoms with E-state index < -0.39 is 10.0 Å². The first-order valence-electron chi connectivity index (χ1n) is 10.1. The van der Waals surface area contributed by atoms with Gasteiger partial charge in [-0.05, 0) is 31.8 Å². The molecule has 1 aromatic heterocycles. The Balaban J connectivity index is 0.00000300. The predicted molar refractivity (Wildman–Crippen MR) is 124 cm³/mol. The lowest BCUT2D eigenvalue weighted by atomic mass is 10.1. The first-order valence-corrected chi connectivity index (χ1v) is 11.7. The fraction of sp³-hybridized carbons (Fsp3) is 0.778. The van der Waals surface area contributed by atoms with E-state index in [1.165, 1.54) is 36.5 Å². The summed E-state index contributed by atoms with van der Waals surface area (Å²) in [6, 6.07) is 1.59. The molecule has 2 saturated heterocycles. The number of sulfonamides is 1. The first-order chi connectivity index (χ1) is 13.5. The third kappa shape index (κ3) is 6.79. The third-order valence-electron chi connectivity index (χ3n) is 5.42. The number of nitrogens with zero attached hydrogens (tertiary/aromatic N) is 5. The highest BCUT2D eigenvalue weighted by atomic mass is 127. The summed E-state index contributed by atoms with van der Waals surface area (Å²) in [4.78, 5) is 9.06. The summed E-state index contributed by atoms with van der Waals surface area (Å²) >= 11 is 0. The van der Waals surface area contributed by atoms with Crippen molar-refractivity contribution in [1.29, 1.82) is 0 Å². The number of piperazine rings is 1. The fourth-order valence-electron chi connectivity index (χ4n) is 3.93. The number of hydrogen-bond acceptors (Lipinski definition) is 6. The van der Waals surface area contributed by atoms with Gasteiger partial charge >= 0.3 is 0 Å². The van der Waals surface area contributed by atoms with Crippen molar-refractivity contribution < 1.29 is 12.9 Å². The molecule has 0 aromatic carbocycles. The first kappa shape index (κ1) is 24.4. The summed E-state index contributed by atoms with van der Waals surface area (Å²) in [7, 11) is -1.60. The molecule has 1 aromatic rings. The van der Waals surface area contributed by atoms with Crippen molar-refractivity contribution in [1.82, 2.24) is 24.6 Å². The van der Waals surface area contributed by atoms with Gasteiger partial charge in [0.25, 0.3) is 0 Å². The molecular formula is C18H33IN6O3S. The van der Waals surface area contributed by atoms with Crippen LogP contribution in [-0.2, 0) is 15.8 Å². The molecule has 1 unspecified atom stereocenters. The van der Waals surface area contributed by atoms with E-state index in [9.17, 15) is 8.42 Å². The van der Waals surface area contributed by atoms with Gasteiger partial charge in [0.1, 0.15) is 12.0 Å². The van der Waals surface area contributed by atoms with Crippen LogP contribution < -0.4 is 5.32 Å². The fourth-order valence-corrected chi connectivity index (χ4v) is 5.36. The molecule has 2 aliphatic heterocycles. The van der Waals surface area contributed by atoms with Crippen molar-refractivity contribution in [2.24, 2.45) is 10.9 Å². The van der Waals surface area contributed by atoms with E-state index in [0.717, 1.165) is 19.0 Å². The lowest BCUT2D eigenvalue weighted by molar-refractivity contribution is 0.258. The molecule has 29 heavy (non-hydrogen) atoms. The zero-order valence-corrected chi connectivity index (χ0v) is 20.4. The highest BCUT2D eigenvalue weighted by molar-refractivity contribution is 14.0. The van der Waals surface area contributed by atoms with Crippen molar-refractivity contribution in [3.8, 4) is 0 Å². The van der Waals surface area contributed by atoms with Crippen LogP contribution in [0.4, 0.5) is 0 Å². The number of rotatable bonds is 7. The second-order valence-corrected chi connectivity index (χ2v) is 9.49. The average molecular weight is 540 g/mol. The Morgan fingerprint density at radius 2 is 2.07 bits per heavy atom. The topological polar surface area (TPSA) is 94.3 Å². The summed E-state index contributed by atoms with van der Waals surface area (Å²) in [6.45, 7) is 8.80. The molecule has 2 aliphatic rings. The summed E-state index contributed by atoms with van der Waals surface area (Å²) < 4.78 is 31.4. The number of aromatic nitrogens is 1.